The molecule has 0 spiro atoms. The molecule has 31 heavy (non-hydrogen) atoms. The largest absolute Gasteiger partial charge is 0.497 e. The molecule has 1 fully saturated rings. The van der Waals surface area contributed by atoms with E-state index in [0.29, 0.717) is 25.1 Å². The highest BCUT2D eigenvalue weighted by Gasteiger charge is 2.34. The second-order valence-electron chi connectivity index (χ2n) is 7.84. The molecule has 1 amide bonds. The van der Waals surface area contributed by atoms with E-state index in [-0.39, 0.29) is 29.3 Å². The van der Waals surface area contributed by atoms with Crippen LogP contribution in [0.15, 0.2) is 47.4 Å². The lowest BCUT2D eigenvalue weighted by Crippen LogP contribution is -2.45. The second-order valence-corrected chi connectivity index (χ2v) is 9.78. The summed E-state index contributed by atoms with van der Waals surface area (Å²) in [5, 5.41) is 3.02. The van der Waals surface area contributed by atoms with E-state index in [4.69, 9.17) is 9.47 Å². The zero-order valence-corrected chi connectivity index (χ0v) is 19.2. The van der Waals surface area contributed by atoms with E-state index in [2.05, 4.69) is 5.32 Å². The summed E-state index contributed by atoms with van der Waals surface area (Å²) in [5.74, 6) is 0.879. The Hall–Kier alpha value is -2.58. The van der Waals surface area contributed by atoms with Gasteiger partial charge in [-0.05, 0) is 68.1 Å². The molecular weight excluding hydrogens is 416 g/mol. The van der Waals surface area contributed by atoms with Gasteiger partial charge in [0.2, 0.25) is 15.9 Å². The van der Waals surface area contributed by atoms with Crippen LogP contribution >= 0.6 is 0 Å². The predicted octanol–water partition coefficient (Wildman–Crippen LogP) is 3.29. The molecule has 168 valence electrons. The molecule has 1 aliphatic rings. The Morgan fingerprint density at radius 1 is 1.13 bits per heavy atom. The highest BCUT2D eigenvalue weighted by molar-refractivity contribution is 7.89. The lowest BCUT2D eigenvalue weighted by molar-refractivity contribution is -0.126. The summed E-state index contributed by atoms with van der Waals surface area (Å²) >= 11 is 0. The molecule has 0 aliphatic carbocycles. The Bertz CT molecular complexity index is 1020. The van der Waals surface area contributed by atoms with Gasteiger partial charge in [0.15, 0.2) is 0 Å². The van der Waals surface area contributed by atoms with E-state index in [0.717, 1.165) is 16.9 Å². The van der Waals surface area contributed by atoms with Crippen molar-refractivity contribution in [3.63, 3.8) is 0 Å². The van der Waals surface area contributed by atoms with Crippen LogP contribution in [0.1, 0.15) is 36.9 Å². The van der Waals surface area contributed by atoms with Crippen LogP contribution in [0.25, 0.3) is 0 Å². The number of hydrogen-bond acceptors (Lipinski definition) is 5. The van der Waals surface area contributed by atoms with Gasteiger partial charge < -0.3 is 14.8 Å². The molecule has 0 unspecified atom stereocenters. The third kappa shape index (κ3) is 5.19. The number of hydrogen-bond donors (Lipinski definition) is 1. The van der Waals surface area contributed by atoms with Gasteiger partial charge in [0.25, 0.3) is 0 Å². The van der Waals surface area contributed by atoms with E-state index in [1.165, 1.54) is 4.31 Å². The van der Waals surface area contributed by atoms with Gasteiger partial charge in [0.05, 0.1) is 31.1 Å². The Balaban J connectivity index is 1.68. The molecule has 8 heteroatoms. The Labute approximate surface area is 184 Å². The van der Waals surface area contributed by atoms with E-state index in [1.807, 2.05) is 38.1 Å². The molecule has 1 N–H and O–H groups in total. The molecule has 0 saturated carbocycles. The molecule has 2 aromatic carbocycles. The fourth-order valence-electron chi connectivity index (χ4n) is 3.84. The van der Waals surface area contributed by atoms with Gasteiger partial charge in [-0.15, -0.1) is 0 Å². The zero-order chi connectivity index (χ0) is 22.6. The minimum atomic E-state index is -3.68. The number of piperidine rings is 1. The maximum Gasteiger partial charge on any atom is 0.243 e. The quantitative estimate of drug-likeness (QED) is 0.706. The monoisotopic (exact) mass is 446 g/mol. The van der Waals surface area contributed by atoms with Crippen LogP contribution in [-0.4, -0.2) is 45.9 Å². The van der Waals surface area contributed by atoms with Crippen molar-refractivity contribution in [1.82, 2.24) is 9.62 Å². The van der Waals surface area contributed by atoms with Gasteiger partial charge in [0, 0.05) is 13.1 Å². The van der Waals surface area contributed by atoms with Crippen LogP contribution in [0.2, 0.25) is 0 Å². The summed E-state index contributed by atoms with van der Waals surface area (Å²) in [6.07, 6.45) is 1.30. The van der Waals surface area contributed by atoms with Gasteiger partial charge in [-0.1, -0.05) is 12.1 Å². The number of nitrogens with one attached hydrogen (secondary N) is 1. The van der Waals surface area contributed by atoms with Crippen LogP contribution in [0.3, 0.4) is 0 Å². The maximum absolute atomic E-state index is 13.2. The van der Waals surface area contributed by atoms with Crippen molar-refractivity contribution in [3.05, 3.63) is 53.6 Å². The van der Waals surface area contributed by atoms with Gasteiger partial charge in [-0.3, -0.25) is 4.79 Å². The first kappa shape index (κ1) is 23.1. The van der Waals surface area contributed by atoms with Crippen molar-refractivity contribution in [1.29, 1.82) is 0 Å². The van der Waals surface area contributed by atoms with E-state index in [1.54, 1.807) is 32.4 Å². The van der Waals surface area contributed by atoms with Crippen LogP contribution in [-0.2, 0) is 14.8 Å². The minimum Gasteiger partial charge on any atom is -0.497 e. The molecule has 2 atom stereocenters. The lowest BCUT2D eigenvalue weighted by atomic mass is 9.98. The number of aryl methyl sites for hydroxylation is 1. The minimum absolute atomic E-state index is 0.130. The highest BCUT2D eigenvalue weighted by atomic mass is 32.2. The van der Waals surface area contributed by atoms with Crippen molar-refractivity contribution in [2.24, 2.45) is 5.92 Å². The highest BCUT2D eigenvalue weighted by Crippen LogP contribution is 2.28. The van der Waals surface area contributed by atoms with Crippen LogP contribution < -0.4 is 14.8 Å². The fraction of sp³-hybridized carbons (Fsp3) is 0.435. The van der Waals surface area contributed by atoms with Gasteiger partial charge >= 0.3 is 0 Å². The number of amides is 1. The Morgan fingerprint density at radius 3 is 2.45 bits per heavy atom. The third-order valence-electron chi connectivity index (χ3n) is 5.73. The van der Waals surface area contributed by atoms with Crippen molar-refractivity contribution >= 4 is 15.9 Å². The van der Waals surface area contributed by atoms with Crippen molar-refractivity contribution in [2.45, 2.75) is 37.6 Å². The van der Waals surface area contributed by atoms with Crippen LogP contribution in [0.5, 0.6) is 11.5 Å². The fourth-order valence-corrected chi connectivity index (χ4v) is 5.45. The molecular formula is C23H30N2O5S. The summed E-state index contributed by atoms with van der Waals surface area (Å²) < 4.78 is 38.1. The summed E-state index contributed by atoms with van der Waals surface area (Å²) in [4.78, 5) is 13.1. The first-order valence-corrected chi connectivity index (χ1v) is 11.8. The number of benzene rings is 2. The number of methoxy groups -OCH3 is 2. The van der Waals surface area contributed by atoms with Crippen molar-refractivity contribution < 1.29 is 22.7 Å². The zero-order valence-electron chi connectivity index (χ0n) is 18.4. The summed E-state index contributed by atoms with van der Waals surface area (Å²) in [5.41, 5.74) is 1.71. The third-order valence-corrected chi connectivity index (χ3v) is 7.59. The number of carbonyl (C=O) groups excluding carboxylic acids is 1. The molecule has 3 rings (SSSR count). The average molecular weight is 447 g/mol. The number of carbonyl (C=O) groups is 1. The second kappa shape index (κ2) is 9.70. The standard InChI is InChI=1S/C23H30N2O5S/c1-16-14-21(11-12-22(16)30-4)31(27,28)25-13-5-6-19(15-25)23(26)24-17(2)18-7-9-20(29-3)10-8-18/h7-12,14,17,19H,5-6,13,15H2,1-4H3,(H,24,26)/t17-,19+/m1/s1. The lowest BCUT2D eigenvalue weighted by Gasteiger charge is -2.32. The van der Waals surface area contributed by atoms with Gasteiger partial charge in [0.1, 0.15) is 11.5 Å². The van der Waals surface area contributed by atoms with Gasteiger partial charge in [-0.25, -0.2) is 8.42 Å². The number of ether oxygens (including phenoxy) is 2. The molecule has 2 aromatic rings. The Morgan fingerprint density at radius 2 is 1.84 bits per heavy atom. The smallest absolute Gasteiger partial charge is 0.243 e. The normalized spacial score (nSPS) is 18.3. The maximum atomic E-state index is 13.2. The summed E-state index contributed by atoms with van der Waals surface area (Å²) in [7, 11) is -0.520. The van der Waals surface area contributed by atoms with Crippen LogP contribution in [0, 0.1) is 12.8 Å². The number of sulfonamides is 1. The first-order chi connectivity index (χ1) is 14.8. The van der Waals surface area contributed by atoms with E-state index >= 15 is 0 Å². The van der Waals surface area contributed by atoms with Gasteiger partial charge in [-0.2, -0.15) is 4.31 Å². The summed E-state index contributed by atoms with van der Waals surface area (Å²) in [6.45, 7) is 4.31. The molecule has 1 saturated heterocycles. The molecule has 0 radical (unpaired) electrons. The average Bonchev–Trinajstić information content (AvgIpc) is 2.79. The SMILES string of the molecule is COc1ccc([C@@H](C)NC(=O)[C@H]2CCCN(S(=O)(=O)c3ccc(OC)c(C)c3)C2)cc1. The van der Waals surface area contributed by atoms with Crippen molar-refractivity contribution in [3.8, 4) is 11.5 Å². The number of nitrogens with zero attached hydrogens (tertiary/aromatic N) is 1. The van der Waals surface area contributed by atoms with Crippen molar-refractivity contribution in [2.75, 3.05) is 27.3 Å². The molecule has 0 aromatic heterocycles. The topological polar surface area (TPSA) is 84.9 Å². The van der Waals surface area contributed by atoms with E-state index < -0.39 is 10.0 Å². The molecule has 1 aliphatic heterocycles. The molecule has 0 bridgehead atoms. The number of rotatable bonds is 7. The first-order valence-electron chi connectivity index (χ1n) is 10.4. The summed E-state index contributed by atoms with van der Waals surface area (Å²) in [6, 6.07) is 12.2. The van der Waals surface area contributed by atoms with E-state index in [9.17, 15) is 13.2 Å². The van der Waals surface area contributed by atoms with Crippen LogP contribution in [0.4, 0.5) is 0 Å². The predicted molar refractivity (Wildman–Crippen MR) is 119 cm³/mol. The molecule has 1 heterocycles. The molecule has 7 nitrogen and oxygen atoms in total. The Kier molecular flexibility index (Phi) is 7.23.